The predicted molar refractivity (Wildman–Crippen MR) is 60.0 cm³/mol. The molecule has 5 nitrogen and oxygen atoms in total. The highest BCUT2D eigenvalue weighted by Gasteiger charge is 2.18. The highest BCUT2D eigenvalue weighted by molar-refractivity contribution is 6.40. The summed E-state index contributed by atoms with van der Waals surface area (Å²) in [6.45, 7) is 2.66. The van der Waals surface area contributed by atoms with Gasteiger partial charge in [0, 0.05) is 0 Å². The molecule has 1 aromatic rings. The number of hydrogen-bond donors (Lipinski definition) is 0. The Kier molecular flexibility index (Phi) is 4.63. The average Bonchev–Trinajstić information content (AvgIpc) is 2.74. The molecule has 0 bridgehead atoms. The lowest BCUT2D eigenvalue weighted by Gasteiger charge is -1.88. The Balaban J connectivity index is 0.000000221. The molecule has 0 aliphatic carbocycles. The number of carbonyl (C=O) groups is 1. The van der Waals surface area contributed by atoms with E-state index in [9.17, 15) is 4.79 Å². The Bertz CT molecular complexity index is 448. The quantitative estimate of drug-likeness (QED) is 0.428. The Labute approximate surface area is 93.0 Å². The van der Waals surface area contributed by atoms with Gasteiger partial charge in [0.05, 0.1) is 17.9 Å². The van der Waals surface area contributed by atoms with Crippen LogP contribution in [0.25, 0.3) is 5.53 Å². The van der Waals surface area contributed by atoms with Crippen LogP contribution in [0.5, 0.6) is 0 Å². The first-order valence-corrected chi connectivity index (χ1v) is 4.74. The van der Waals surface area contributed by atoms with Gasteiger partial charge in [-0.25, -0.2) is 4.99 Å². The van der Waals surface area contributed by atoms with Crippen LogP contribution in [-0.4, -0.2) is 29.8 Å². The van der Waals surface area contributed by atoms with Crippen molar-refractivity contribution in [2.24, 2.45) is 4.99 Å². The zero-order chi connectivity index (χ0) is 11.8. The van der Waals surface area contributed by atoms with Crippen molar-refractivity contribution in [1.29, 1.82) is 0 Å². The first-order valence-electron chi connectivity index (χ1n) is 4.74. The topological polar surface area (TPSA) is 75.1 Å². The number of benzene rings is 1. The highest BCUT2D eigenvalue weighted by Crippen LogP contribution is 2.22. The molecule has 1 aliphatic rings. The lowest BCUT2D eigenvalue weighted by atomic mass is 10.1. The number of para-hydroxylation sites is 1. The highest BCUT2D eigenvalue weighted by atomic mass is 16.5. The van der Waals surface area contributed by atoms with Crippen molar-refractivity contribution >= 4 is 24.1 Å². The normalized spacial score (nSPS) is 10.9. The Morgan fingerprint density at radius 1 is 1.50 bits per heavy atom. The third kappa shape index (κ3) is 2.87. The molecule has 0 fully saturated rings. The van der Waals surface area contributed by atoms with Crippen molar-refractivity contribution in [3.8, 4) is 0 Å². The molecule has 82 valence electrons. The summed E-state index contributed by atoms with van der Waals surface area (Å²) in [5, 5.41) is 0. The zero-order valence-corrected chi connectivity index (χ0v) is 8.83. The van der Waals surface area contributed by atoms with Gasteiger partial charge in [0.2, 0.25) is 0 Å². The van der Waals surface area contributed by atoms with E-state index in [0.717, 1.165) is 11.3 Å². The van der Waals surface area contributed by atoms with Crippen LogP contribution < -0.4 is 0 Å². The molecule has 0 spiro atoms. The second-order valence-corrected chi connectivity index (χ2v) is 2.81. The molecule has 0 amide bonds. The number of nitrogens with zero attached hydrogens (tertiary/aromatic N) is 3. The van der Waals surface area contributed by atoms with E-state index in [1.165, 1.54) is 0 Å². The Morgan fingerprint density at radius 2 is 2.25 bits per heavy atom. The molecule has 0 radical (unpaired) electrons. The molecule has 2 rings (SSSR count). The van der Waals surface area contributed by atoms with E-state index in [1.54, 1.807) is 13.1 Å². The van der Waals surface area contributed by atoms with E-state index >= 15 is 0 Å². The first kappa shape index (κ1) is 11.8. The van der Waals surface area contributed by atoms with E-state index in [-0.39, 0.29) is 0 Å². The van der Waals surface area contributed by atoms with Crippen LogP contribution in [0.2, 0.25) is 0 Å². The molecular formula is C11H11N3O2. The van der Waals surface area contributed by atoms with Crippen LogP contribution in [0.3, 0.4) is 0 Å². The van der Waals surface area contributed by atoms with Crippen molar-refractivity contribution in [2.75, 3.05) is 6.61 Å². The van der Waals surface area contributed by atoms with Gasteiger partial charge >= 0.3 is 5.71 Å². The average molecular weight is 217 g/mol. The standard InChI is InChI=1S/C8H5N3.C3H6O2/c9-11-8-5-10-7-4-2-1-3-6(7)8;1-2-5-3-4/h1-5H;3H,2H2,1H3. The van der Waals surface area contributed by atoms with Crippen molar-refractivity contribution in [2.45, 2.75) is 6.92 Å². The van der Waals surface area contributed by atoms with Crippen LogP contribution in [0.1, 0.15) is 12.5 Å². The summed E-state index contributed by atoms with van der Waals surface area (Å²) in [7, 11) is 0. The van der Waals surface area contributed by atoms with Crippen LogP contribution in [0.4, 0.5) is 5.69 Å². The summed E-state index contributed by atoms with van der Waals surface area (Å²) in [5.74, 6) is 0. The third-order valence-electron chi connectivity index (χ3n) is 1.85. The zero-order valence-electron chi connectivity index (χ0n) is 8.83. The fraction of sp³-hybridized carbons (Fsp3) is 0.182. The second kappa shape index (κ2) is 6.27. The van der Waals surface area contributed by atoms with E-state index in [4.69, 9.17) is 5.53 Å². The SMILES string of the molecule is CCOC=O.[N-]=[N+]=C1C=Nc2ccccc21. The molecule has 1 aliphatic heterocycles. The van der Waals surface area contributed by atoms with E-state index < -0.39 is 0 Å². The minimum atomic E-state index is 0.431. The molecule has 0 atom stereocenters. The van der Waals surface area contributed by atoms with Gasteiger partial charge < -0.3 is 10.3 Å². The first-order chi connectivity index (χ1) is 7.83. The van der Waals surface area contributed by atoms with Gasteiger partial charge in [-0.15, -0.1) is 0 Å². The van der Waals surface area contributed by atoms with Gasteiger partial charge in [0.1, 0.15) is 6.21 Å². The largest absolute Gasteiger partial charge is 0.468 e. The smallest absolute Gasteiger partial charge is 0.342 e. The number of ether oxygens (including phenoxy) is 1. The maximum absolute atomic E-state index is 9.18. The Morgan fingerprint density at radius 3 is 2.81 bits per heavy atom. The Hall–Kier alpha value is -2.26. The van der Waals surface area contributed by atoms with Gasteiger partial charge in [-0.05, 0) is 19.1 Å². The van der Waals surface area contributed by atoms with E-state index in [2.05, 4.69) is 14.5 Å². The number of hydrogen-bond acceptors (Lipinski definition) is 3. The molecule has 0 saturated carbocycles. The fourth-order valence-electron chi connectivity index (χ4n) is 1.15. The molecule has 0 N–H and O–H groups in total. The van der Waals surface area contributed by atoms with Gasteiger partial charge in [-0.3, -0.25) is 4.79 Å². The number of carbonyl (C=O) groups excluding carboxylic acids is 1. The van der Waals surface area contributed by atoms with Gasteiger partial charge in [0.15, 0.2) is 0 Å². The molecule has 1 aromatic carbocycles. The molecule has 0 aromatic heterocycles. The molecule has 0 saturated heterocycles. The summed E-state index contributed by atoms with van der Waals surface area (Å²) in [5.41, 5.74) is 10.8. The summed E-state index contributed by atoms with van der Waals surface area (Å²) >= 11 is 0. The lowest BCUT2D eigenvalue weighted by Crippen LogP contribution is -1.97. The second-order valence-electron chi connectivity index (χ2n) is 2.81. The fourth-order valence-corrected chi connectivity index (χ4v) is 1.15. The molecule has 1 heterocycles. The monoisotopic (exact) mass is 217 g/mol. The van der Waals surface area contributed by atoms with Crippen molar-refractivity contribution < 1.29 is 14.3 Å². The van der Waals surface area contributed by atoms with Crippen LogP contribution in [0.15, 0.2) is 29.3 Å². The van der Waals surface area contributed by atoms with Gasteiger partial charge in [-0.2, -0.15) is 4.79 Å². The summed E-state index contributed by atoms with van der Waals surface area (Å²) in [4.78, 5) is 16.3. The van der Waals surface area contributed by atoms with Crippen LogP contribution in [0, 0.1) is 0 Å². The molecular weight excluding hydrogens is 206 g/mol. The molecule has 0 unspecified atom stereocenters. The maximum atomic E-state index is 9.18. The van der Waals surface area contributed by atoms with Crippen LogP contribution >= 0.6 is 0 Å². The lowest BCUT2D eigenvalue weighted by molar-refractivity contribution is -0.128. The van der Waals surface area contributed by atoms with Gasteiger partial charge in [-0.1, -0.05) is 12.1 Å². The van der Waals surface area contributed by atoms with Gasteiger partial charge in [0.25, 0.3) is 6.47 Å². The maximum Gasteiger partial charge on any atom is 0.342 e. The van der Waals surface area contributed by atoms with Crippen molar-refractivity contribution in [1.82, 2.24) is 0 Å². The summed E-state index contributed by atoms with van der Waals surface area (Å²) in [6, 6.07) is 7.54. The number of rotatable bonds is 2. The predicted octanol–water partition coefficient (Wildman–Crippen LogP) is 1.60. The number of fused-ring (bicyclic) bond motifs is 1. The van der Waals surface area contributed by atoms with E-state index in [1.807, 2.05) is 24.3 Å². The number of aliphatic imine (C=N–C) groups is 1. The third-order valence-corrected chi connectivity index (χ3v) is 1.85. The minimum Gasteiger partial charge on any atom is -0.468 e. The molecule has 5 heteroatoms. The summed E-state index contributed by atoms with van der Waals surface area (Å²) < 4.78 is 4.15. The van der Waals surface area contributed by atoms with E-state index in [0.29, 0.717) is 18.8 Å². The van der Waals surface area contributed by atoms with Crippen molar-refractivity contribution in [3.05, 3.63) is 35.4 Å². The summed E-state index contributed by atoms with van der Waals surface area (Å²) in [6.07, 6.45) is 1.55. The van der Waals surface area contributed by atoms with Crippen LogP contribution in [-0.2, 0) is 9.53 Å². The molecule has 16 heavy (non-hydrogen) atoms. The van der Waals surface area contributed by atoms with Crippen molar-refractivity contribution in [3.63, 3.8) is 0 Å². The minimum absolute atomic E-state index is 0.431.